The van der Waals surface area contributed by atoms with E-state index in [1.807, 2.05) is 0 Å². The summed E-state index contributed by atoms with van der Waals surface area (Å²) in [7, 11) is -3.85. The summed E-state index contributed by atoms with van der Waals surface area (Å²) in [5, 5.41) is 17.9. The Balaban J connectivity index is 3.37. The van der Waals surface area contributed by atoms with E-state index >= 15 is 0 Å². The van der Waals surface area contributed by atoms with Crippen LogP contribution in [0.25, 0.3) is 0 Å². The van der Waals surface area contributed by atoms with E-state index < -0.39 is 22.0 Å². The van der Waals surface area contributed by atoms with E-state index in [0.29, 0.717) is 11.1 Å². The van der Waals surface area contributed by atoms with Crippen molar-refractivity contribution in [3.05, 3.63) is 28.8 Å². The molecule has 0 saturated carbocycles. The molecule has 3 N–H and O–H groups in total. The van der Waals surface area contributed by atoms with Gasteiger partial charge in [-0.3, -0.25) is 0 Å². The highest BCUT2D eigenvalue weighted by Gasteiger charge is 2.22. The molecule has 0 radical (unpaired) electrons. The molecule has 6 nitrogen and oxygen atoms in total. The number of hydrogen-bond acceptors (Lipinski definition) is 4. The lowest BCUT2D eigenvalue weighted by molar-refractivity contribution is 0.0696. The Kier molecular flexibility index (Phi) is 4.67. The van der Waals surface area contributed by atoms with Crippen LogP contribution >= 0.6 is 0 Å². The number of aliphatic hydroxyl groups is 1. The molecule has 7 heteroatoms. The van der Waals surface area contributed by atoms with Crippen molar-refractivity contribution in [2.45, 2.75) is 31.7 Å². The van der Waals surface area contributed by atoms with Gasteiger partial charge in [-0.05, 0) is 44.0 Å². The highest BCUT2D eigenvalue weighted by molar-refractivity contribution is 7.89. The number of carboxylic acid groups (broad SMARTS) is 1. The second-order valence-corrected chi connectivity index (χ2v) is 6.11. The van der Waals surface area contributed by atoms with Crippen LogP contribution < -0.4 is 4.72 Å². The summed E-state index contributed by atoms with van der Waals surface area (Å²) in [5.41, 5.74) is 0.986. The van der Waals surface area contributed by atoms with E-state index in [2.05, 4.69) is 4.72 Å². The zero-order valence-electron chi connectivity index (χ0n) is 11.0. The largest absolute Gasteiger partial charge is 0.478 e. The first kappa shape index (κ1) is 15.6. The molecule has 0 unspecified atom stereocenters. The van der Waals surface area contributed by atoms with Crippen LogP contribution in [0, 0.1) is 13.8 Å². The highest BCUT2D eigenvalue weighted by Crippen LogP contribution is 2.21. The van der Waals surface area contributed by atoms with E-state index in [9.17, 15) is 13.2 Å². The third-order valence-corrected chi connectivity index (χ3v) is 4.50. The molecule has 1 rings (SSSR count). The number of sulfonamides is 1. The van der Waals surface area contributed by atoms with Crippen LogP contribution in [0.2, 0.25) is 0 Å². The fourth-order valence-corrected chi connectivity index (χ4v) is 3.17. The second kappa shape index (κ2) is 5.68. The Hall–Kier alpha value is -1.44. The summed E-state index contributed by atoms with van der Waals surface area (Å²) >= 11 is 0. The van der Waals surface area contributed by atoms with Crippen molar-refractivity contribution in [3.8, 4) is 0 Å². The minimum atomic E-state index is -3.85. The van der Waals surface area contributed by atoms with Gasteiger partial charge in [-0.25, -0.2) is 17.9 Å². The van der Waals surface area contributed by atoms with Gasteiger partial charge in [0, 0.05) is 6.04 Å². The molecule has 0 aliphatic carbocycles. The summed E-state index contributed by atoms with van der Waals surface area (Å²) in [6, 6.07) is 1.90. The first-order chi connectivity index (χ1) is 8.69. The summed E-state index contributed by atoms with van der Waals surface area (Å²) < 4.78 is 26.6. The number of carbonyl (C=O) groups is 1. The Morgan fingerprint density at radius 3 is 2.42 bits per heavy atom. The lowest BCUT2D eigenvalue weighted by Gasteiger charge is -2.15. The molecular formula is C12H17NO5S. The van der Waals surface area contributed by atoms with Crippen molar-refractivity contribution in [3.63, 3.8) is 0 Å². The van der Waals surface area contributed by atoms with E-state index in [1.54, 1.807) is 13.8 Å². The summed E-state index contributed by atoms with van der Waals surface area (Å²) in [6.07, 6.45) is 0. The van der Waals surface area contributed by atoms with Gasteiger partial charge >= 0.3 is 5.97 Å². The molecule has 0 saturated heterocycles. The molecule has 0 heterocycles. The van der Waals surface area contributed by atoms with Gasteiger partial charge in [-0.15, -0.1) is 0 Å². The Morgan fingerprint density at radius 2 is 1.95 bits per heavy atom. The maximum Gasteiger partial charge on any atom is 0.335 e. The maximum atomic E-state index is 12.1. The van der Waals surface area contributed by atoms with Crippen LogP contribution in [0.1, 0.15) is 28.4 Å². The average Bonchev–Trinajstić information content (AvgIpc) is 2.31. The monoisotopic (exact) mass is 287 g/mol. The standard InChI is InChI=1S/C12H17NO5S/c1-7-4-10(12(15)16)5-11(9(7)3)19(17,18)13-8(2)6-14/h4-5,8,13-14H,6H2,1-3H3,(H,15,16)/t8-/m0/s1. The van der Waals surface area contributed by atoms with Crippen LogP contribution in [-0.2, 0) is 10.0 Å². The van der Waals surface area contributed by atoms with E-state index in [1.165, 1.54) is 13.0 Å². The van der Waals surface area contributed by atoms with Crippen molar-refractivity contribution in [1.82, 2.24) is 4.72 Å². The lowest BCUT2D eigenvalue weighted by atomic mass is 10.1. The summed E-state index contributed by atoms with van der Waals surface area (Å²) in [6.45, 7) is 4.44. The number of benzene rings is 1. The predicted molar refractivity (Wildman–Crippen MR) is 69.7 cm³/mol. The minimum Gasteiger partial charge on any atom is -0.478 e. The zero-order chi connectivity index (χ0) is 14.8. The van der Waals surface area contributed by atoms with Crippen molar-refractivity contribution in [2.75, 3.05) is 6.61 Å². The van der Waals surface area contributed by atoms with Crippen molar-refractivity contribution >= 4 is 16.0 Å². The number of aryl methyl sites for hydroxylation is 1. The van der Waals surface area contributed by atoms with Gasteiger partial charge in [-0.1, -0.05) is 0 Å². The van der Waals surface area contributed by atoms with Crippen LogP contribution in [0.15, 0.2) is 17.0 Å². The van der Waals surface area contributed by atoms with Gasteiger partial charge in [0.1, 0.15) is 0 Å². The zero-order valence-corrected chi connectivity index (χ0v) is 11.8. The van der Waals surface area contributed by atoms with E-state index in [0.717, 1.165) is 6.07 Å². The third kappa shape index (κ3) is 3.52. The van der Waals surface area contributed by atoms with Gasteiger partial charge in [-0.2, -0.15) is 0 Å². The molecule has 0 fully saturated rings. The number of hydrogen-bond donors (Lipinski definition) is 3. The quantitative estimate of drug-likeness (QED) is 0.738. The summed E-state index contributed by atoms with van der Waals surface area (Å²) in [5.74, 6) is -1.19. The van der Waals surface area contributed by atoms with E-state index in [-0.39, 0.29) is 17.1 Å². The minimum absolute atomic E-state index is 0.0785. The number of rotatable bonds is 5. The SMILES string of the molecule is Cc1cc(C(=O)O)cc(S(=O)(=O)N[C@@H](C)CO)c1C. The van der Waals surface area contributed by atoms with Crippen molar-refractivity contribution < 1.29 is 23.4 Å². The van der Waals surface area contributed by atoms with Crippen LogP contribution in [-0.4, -0.2) is 37.2 Å². The molecule has 1 atom stereocenters. The topological polar surface area (TPSA) is 104 Å². The molecule has 0 spiro atoms. The fourth-order valence-electron chi connectivity index (χ4n) is 1.60. The first-order valence-corrected chi connectivity index (χ1v) is 7.15. The molecule has 1 aromatic rings. The Morgan fingerprint density at radius 1 is 1.37 bits per heavy atom. The molecule has 1 aromatic carbocycles. The van der Waals surface area contributed by atoms with Crippen molar-refractivity contribution in [1.29, 1.82) is 0 Å². The molecule has 19 heavy (non-hydrogen) atoms. The smallest absolute Gasteiger partial charge is 0.335 e. The normalized spacial score (nSPS) is 13.3. The van der Waals surface area contributed by atoms with Crippen LogP contribution in [0.4, 0.5) is 0 Å². The summed E-state index contributed by atoms with van der Waals surface area (Å²) in [4.78, 5) is 10.9. The fraction of sp³-hybridized carbons (Fsp3) is 0.417. The molecular weight excluding hydrogens is 270 g/mol. The Bertz CT molecular complexity index is 594. The van der Waals surface area contributed by atoms with E-state index in [4.69, 9.17) is 10.2 Å². The predicted octanol–water partition coefficient (Wildman–Crippen LogP) is 0.661. The molecule has 0 aliphatic heterocycles. The number of aliphatic hydroxyl groups excluding tert-OH is 1. The maximum absolute atomic E-state index is 12.1. The molecule has 106 valence electrons. The highest BCUT2D eigenvalue weighted by atomic mass is 32.2. The molecule has 0 bridgehead atoms. The molecule has 0 amide bonds. The van der Waals surface area contributed by atoms with Gasteiger partial charge in [0.2, 0.25) is 10.0 Å². The second-order valence-electron chi connectivity index (χ2n) is 4.43. The van der Waals surface area contributed by atoms with Crippen LogP contribution in [0.3, 0.4) is 0 Å². The first-order valence-electron chi connectivity index (χ1n) is 5.66. The number of aromatic carboxylic acids is 1. The Labute approximate surface area is 112 Å². The van der Waals surface area contributed by atoms with Gasteiger partial charge in [0.05, 0.1) is 17.1 Å². The molecule has 0 aromatic heterocycles. The lowest BCUT2D eigenvalue weighted by Crippen LogP contribution is -2.35. The van der Waals surface area contributed by atoms with Crippen LogP contribution in [0.5, 0.6) is 0 Å². The van der Waals surface area contributed by atoms with Crippen molar-refractivity contribution in [2.24, 2.45) is 0 Å². The third-order valence-electron chi connectivity index (χ3n) is 2.79. The molecule has 0 aliphatic rings. The van der Waals surface area contributed by atoms with Gasteiger partial charge in [0.25, 0.3) is 0 Å². The number of nitrogens with one attached hydrogen (secondary N) is 1. The average molecular weight is 287 g/mol. The number of carboxylic acids is 1. The van der Waals surface area contributed by atoms with Gasteiger partial charge < -0.3 is 10.2 Å². The van der Waals surface area contributed by atoms with Gasteiger partial charge in [0.15, 0.2) is 0 Å².